The van der Waals surface area contributed by atoms with Crippen LogP contribution in [0.1, 0.15) is 64.7 Å². The molecular formula is C16H28N2O4. The minimum absolute atomic E-state index is 0.0529. The van der Waals surface area contributed by atoms with Crippen molar-refractivity contribution >= 4 is 17.8 Å². The van der Waals surface area contributed by atoms with Crippen molar-refractivity contribution in [1.82, 2.24) is 10.2 Å². The van der Waals surface area contributed by atoms with Crippen LogP contribution in [0.15, 0.2) is 0 Å². The Balaban J connectivity index is 2.49. The Labute approximate surface area is 132 Å². The summed E-state index contributed by atoms with van der Waals surface area (Å²) < 4.78 is 0. The average molecular weight is 312 g/mol. The highest BCUT2D eigenvalue weighted by molar-refractivity contribution is 5.87. The number of aliphatic carboxylic acids is 1. The summed E-state index contributed by atoms with van der Waals surface area (Å²) in [6.45, 7) is 2.63. The van der Waals surface area contributed by atoms with Gasteiger partial charge in [0, 0.05) is 26.4 Å². The van der Waals surface area contributed by atoms with E-state index < -0.39 is 11.5 Å². The van der Waals surface area contributed by atoms with Gasteiger partial charge in [0.2, 0.25) is 11.8 Å². The Kier molecular flexibility index (Phi) is 7.35. The molecule has 1 fully saturated rings. The minimum Gasteiger partial charge on any atom is -0.479 e. The molecule has 0 aliphatic heterocycles. The van der Waals surface area contributed by atoms with Crippen LogP contribution in [0.2, 0.25) is 0 Å². The van der Waals surface area contributed by atoms with Gasteiger partial charge in [-0.25, -0.2) is 4.79 Å². The number of likely N-dealkylation sites (N-methyl/N-ethyl adjacent to an activating group) is 1. The van der Waals surface area contributed by atoms with E-state index in [2.05, 4.69) is 5.32 Å². The van der Waals surface area contributed by atoms with E-state index in [1.54, 1.807) is 7.05 Å². The molecule has 0 aromatic heterocycles. The van der Waals surface area contributed by atoms with Crippen molar-refractivity contribution in [2.75, 3.05) is 13.6 Å². The molecule has 6 nitrogen and oxygen atoms in total. The first-order chi connectivity index (χ1) is 10.4. The quantitative estimate of drug-likeness (QED) is 0.717. The van der Waals surface area contributed by atoms with Crippen molar-refractivity contribution in [3.05, 3.63) is 0 Å². The Morgan fingerprint density at radius 3 is 2.32 bits per heavy atom. The second kappa shape index (κ2) is 8.76. The number of rotatable bonds is 8. The summed E-state index contributed by atoms with van der Waals surface area (Å²) in [6.07, 6.45) is 5.58. The molecule has 2 amide bonds. The fourth-order valence-corrected chi connectivity index (χ4v) is 2.99. The molecule has 0 heterocycles. The molecule has 126 valence electrons. The van der Waals surface area contributed by atoms with Crippen LogP contribution in [0.3, 0.4) is 0 Å². The van der Waals surface area contributed by atoms with E-state index in [-0.39, 0.29) is 18.2 Å². The first kappa shape index (κ1) is 18.5. The monoisotopic (exact) mass is 312 g/mol. The van der Waals surface area contributed by atoms with E-state index in [0.717, 1.165) is 25.7 Å². The molecule has 0 saturated heterocycles. The van der Waals surface area contributed by atoms with Gasteiger partial charge in [0.05, 0.1) is 0 Å². The van der Waals surface area contributed by atoms with Crippen LogP contribution in [0.5, 0.6) is 0 Å². The molecule has 2 N–H and O–H groups in total. The van der Waals surface area contributed by atoms with Gasteiger partial charge in [-0.15, -0.1) is 0 Å². The molecule has 0 radical (unpaired) electrons. The molecular weight excluding hydrogens is 284 g/mol. The highest BCUT2D eigenvalue weighted by Crippen LogP contribution is 2.33. The van der Waals surface area contributed by atoms with E-state index in [0.29, 0.717) is 32.2 Å². The van der Waals surface area contributed by atoms with E-state index in [1.807, 2.05) is 6.92 Å². The lowest BCUT2D eigenvalue weighted by Gasteiger charge is -2.41. The summed E-state index contributed by atoms with van der Waals surface area (Å²) in [4.78, 5) is 36.8. The molecule has 0 unspecified atom stereocenters. The molecule has 0 bridgehead atoms. The molecule has 1 saturated carbocycles. The SMILES string of the molecule is CCCNC(=O)CCCC(=O)N(C)C1(C(=O)O)CCCCC1. The van der Waals surface area contributed by atoms with Crippen molar-refractivity contribution in [3.63, 3.8) is 0 Å². The number of amides is 2. The third-order valence-electron chi connectivity index (χ3n) is 4.46. The Morgan fingerprint density at radius 1 is 1.14 bits per heavy atom. The first-order valence-electron chi connectivity index (χ1n) is 8.21. The number of hydrogen-bond donors (Lipinski definition) is 2. The maximum absolute atomic E-state index is 12.3. The van der Waals surface area contributed by atoms with E-state index >= 15 is 0 Å². The molecule has 0 aromatic rings. The standard InChI is InChI=1S/C16H28N2O4/c1-3-12-17-13(19)8-7-9-14(20)18(2)16(15(21)22)10-5-4-6-11-16/h3-12H2,1-2H3,(H,17,19)(H,21,22). The van der Waals surface area contributed by atoms with Gasteiger partial charge >= 0.3 is 5.97 Å². The van der Waals surface area contributed by atoms with Crippen LogP contribution in [-0.4, -0.2) is 46.9 Å². The van der Waals surface area contributed by atoms with Crippen molar-refractivity contribution in [2.45, 2.75) is 70.3 Å². The van der Waals surface area contributed by atoms with Crippen LogP contribution in [-0.2, 0) is 14.4 Å². The Bertz CT molecular complexity index is 403. The second-order valence-electron chi connectivity index (χ2n) is 6.05. The number of nitrogens with zero attached hydrogens (tertiary/aromatic N) is 1. The minimum atomic E-state index is -1.06. The Hall–Kier alpha value is -1.59. The predicted octanol–water partition coefficient (Wildman–Crippen LogP) is 1.93. The fourth-order valence-electron chi connectivity index (χ4n) is 2.99. The van der Waals surface area contributed by atoms with Crippen LogP contribution in [0, 0.1) is 0 Å². The van der Waals surface area contributed by atoms with Gasteiger partial charge in [0.1, 0.15) is 5.54 Å². The normalized spacial score (nSPS) is 16.8. The van der Waals surface area contributed by atoms with Gasteiger partial charge in [0.25, 0.3) is 0 Å². The average Bonchev–Trinajstić information content (AvgIpc) is 2.52. The van der Waals surface area contributed by atoms with E-state index in [4.69, 9.17) is 0 Å². The van der Waals surface area contributed by atoms with Crippen molar-refractivity contribution < 1.29 is 19.5 Å². The maximum atomic E-state index is 12.3. The summed E-state index contributed by atoms with van der Waals surface area (Å²) >= 11 is 0. The summed E-state index contributed by atoms with van der Waals surface area (Å²) in [5.74, 6) is -1.15. The van der Waals surface area contributed by atoms with Gasteiger partial charge in [-0.2, -0.15) is 0 Å². The molecule has 0 aromatic carbocycles. The van der Waals surface area contributed by atoms with E-state index in [1.165, 1.54) is 4.90 Å². The summed E-state index contributed by atoms with van der Waals surface area (Å²) in [6, 6.07) is 0. The van der Waals surface area contributed by atoms with Crippen LogP contribution in [0.4, 0.5) is 0 Å². The third-order valence-corrected chi connectivity index (χ3v) is 4.46. The highest BCUT2D eigenvalue weighted by Gasteiger charge is 2.45. The van der Waals surface area contributed by atoms with Gasteiger partial charge in [-0.1, -0.05) is 26.2 Å². The van der Waals surface area contributed by atoms with Gasteiger partial charge in [-0.3, -0.25) is 9.59 Å². The summed E-state index contributed by atoms with van der Waals surface area (Å²) in [5.41, 5.74) is -1.06. The lowest BCUT2D eigenvalue weighted by Crippen LogP contribution is -2.56. The zero-order valence-corrected chi connectivity index (χ0v) is 13.7. The predicted molar refractivity (Wildman–Crippen MR) is 83.4 cm³/mol. The van der Waals surface area contributed by atoms with Gasteiger partial charge in [0.15, 0.2) is 0 Å². The Morgan fingerprint density at radius 2 is 1.77 bits per heavy atom. The number of carboxylic acid groups (broad SMARTS) is 1. The topological polar surface area (TPSA) is 86.7 Å². The van der Waals surface area contributed by atoms with Crippen molar-refractivity contribution in [1.29, 1.82) is 0 Å². The number of carbonyl (C=O) groups is 3. The summed E-state index contributed by atoms with van der Waals surface area (Å²) in [5, 5.41) is 12.3. The molecule has 1 aliphatic rings. The zero-order valence-electron chi connectivity index (χ0n) is 13.7. The van der Waals surface area contributed by atoms with Crippen LogP contribution in [0.25, 0.3) is 0 Å². The largest absolute Gasteiger partial charge is 0.479 e. The lowest BCUT2D eigenvalue weighted by molar-refractivity contribution is -0.160. The summed E-state index contributed by atoms with van der Waals surface area (Å²) in [7, 11) is 1.58. The molecule has 1 rings (SSSR count). The maximum Gasteiger partial charge on any atom is 0.329 e. The fraction of sp³-hybridized carbons (Fsp3) is 0.812. The van der Waals surface area contributed by atoms with Gasteiger partial charge < -0.3 is 15.3 Å². The molecule has 0 atom stereocenters. The van der Waals surface area contributed by atoms with Crippen LogP contribution >= 0.6 is 0 Å². The van der Waals surface area contributed by atoms with Crippen molar-refractivity contribution in [3.8, 4) is 0 Å². The number of carboxylic acids is 1. The molecule has 22 heavy (non-hydrogen) atoms. The molecule has 0 spiro atoms. The highest BCUT2D eigenvalue weighted by atomic mass is 16.4. The third kappa shape index (κ3) is 4.71. The van der Waals surface area contributed by atoms with Crippen molar-refractivity contribution in [2.24, 2.45) is 0 Å². The molecule has 1 aliphatic carbocycles. The van der Waals surface area contributed by atoms with Gasteiger partial charge in [-0.05, 0) is 25.7 Å². The van der Waals surface area contributed by atoms with Crippen LogP contribution < -0.4 is 5.32 Å². The zero-order chi connectivity index (χ0) is 16.6. The number of nitrogens with one attached hydrogen (secondary N) is 1. The number of hydrogen-bond acceptors (Lipinski definition) is 3. The second-order valence-corrected chi connectivity index (χ2v) is 6.05. The number of carbonyl (C=O) groups excluding carboxylic acids is 2. The smallest absolute Gasteiger partial charge is 0.329 e. The van der Waals surface area contributed by atoms with E-state index in [9.17, 15) is 19.5 Å². The lowest BCUT2D eigenvalue weighted by atomic mass is 9.80. The molecule has 6 heteroatoms. The first-order valence-corrected chi connectivity index (χ1v) is 8.21.